The number of hydrogen-bond donors (Lipinski definition) is 0. The van der Waals surface area contributed by atoms with E-state index in [1.165, 1.54) is 0 Å². The molecule has 0 bridgehead atoms. The van der Waals surface area contributed by atoms with E-state index in [-0.39, 0.29) is 5.97 Å². The number of benzene rings is 1. The van der Waals surface area contributed by atoms with Crippen LogP contribution in [0, 0.1) is 0 Å². The first-order valence-corrected chi connectivity index (χ1v) is 6.28. The van der Waals surface area contributed by atoms with Gasteiger partial charge in [0.15, 0.2) is 0 Å². The van der Waals surface area contributed by atoms with Crippen LogP contribution in [0.1, 0.15) is 42.3 Å². The van der Waals surface area contributed by atoms with Crippen molar-refractivity contribution in [1.82, 2.24) is 0 Å². The summed E-state index contributed by atoms with van der Waals surface area (Å²) in [7, 11) is 0. The van der Waals surface area contributed by atoms with Crippen LogP contribution in [0.2, 0.25) is 6.32 Å². The molecule has 1 aromatic rings. The third kappa shape index (κ3) is 3.29. The molecule has 1 heterocycles. The summed E-state index contributed by atoms with van der Waals surface area (Å²) in [4.78, 5) is 11.7. The van der Waals surface area contributed by atoms with Crippen LogP contribution in [-0.2, 0) is 11.2 Å². The van der Waals surface area contributed by atoms with Crippen LogP contribution in [0.4, 0.5) is 0 Å². The van der Waals surface area contributed by atoms with E-state index in [1.807, 2.05) is 39.0 Å². The minimum atomic E-state index is -0.204. The maximum absolute atomic E-state index is 11.7. The van der Waals surface area contributed by atoms with Crippen LogP contribution in [0.5, 0.6) is 0 Å². The number of rotatable bonds is 2. The average Bonchev–Trinajstić information content (AvgIpc) is 2.40. The maximum atomic E-state index is 11.7. The van der Waals surface area contributed by atoms with Crippen molar-refractivity contribution < 1.29 is 9.53 Å². The Bertz CT molecular complexity index is 411. The van der Waals surface area contributed by atoms with E-state index in [1.54, 1.807) is 0 Å². The Morgan fingerprint density at radius 2 is 2.18 bits per heavy atom. The quantitative estimate of drug-likeness (QED) is 0.576. The van der Waals surface area contributed by atoms with Gasteiger partial charge in [0.1, 0.15) is 0 Å². The zero-order valence-corrected chi connectivity index (χ0v) is 10.8. The van der Waals surface area contributed by atoms with E-state index in [0.29, 0.717) is 6.61 Å². The molecule has 2 nitrogen and oxygen atoms in total. The Morgan fingerprint density at radius 1 is 1.41 bits per heavy atom. The molecule has 1 aliphatic rings. The number of carbonyl (C=O) groups is 1. The minimum absolute atomic E-state index is 0.204. The predicted octanol–water partition coefficient (Wildman–Crippen LogP) is 2.72. The molecule has 0 atom stereocenters. The summed E-state index contributed by atoms with van der Waals surface area (Å²) in [6.45, 7) is 8.39. The van der Waals surface area contributed by atoms with Crippen molar-refractivity contribution >= 4 is 18.9 Å². The van der Waals surface area contributed by atoms with Gasteiger partial charge in [-0.25, -0.2) is 0 Å². The van der Waals surface area contributed by atoms with Crippen molar-refractivity contribution in [2.24, 2.45) is 0 Å². The summed E-state index contributed by atoms with van der Waals surface area (Å²) in [5.41, 5.74) is 2.99. The van der Waals surface area contributed by atoms with Gasteiger partial charge >= 0.3 is 89.5 Å². The molecule has 2 rings (SSSR count). The number of hydrogen-bond acceptors (Lipinski definition) is 2. The van der Waals surface area contributed by atoms with E-state index in [0.717, 1.165) is 29.4 Å². The summed E-state index contributed by atoms with van der Waals surface area (Å²) in [5.74, 6) is 1.87. The fraction of sp³-hybridized carbons (Fsp3) is 0.429. The third-order valence-corrected chi connectivity index (χ3v) is 2.57. The van der Waals surface area contributed by atoms with Gasteiger partial charge < -0.3 is 0 Å². The van der Waals surface area contributed by atoms with Crippen molar-refractivity contribution in [1.29, 1.82) is 0 Å². The summed E-state index contributed by atoms with van der Waals surface area (Å²) in [6, 6.07) is 5.78. The van der Waals surface area contributed by atoms with E-state index >= 15 is 0 Å². The number of esters is 1. The second-order valence-electron chi connectivity index (χ2n) is 3.53. The molecule has 0 amide bonds. The molecule has 0 N–H and O–H groups in total. The summed E-state index contributed by atoms with van der Waals surface area (Å²) >= 11 is 0. The Morgan fingerprint density at radius 3 is 2.88 bits per heavy atom. The summed E-state index contributed by atoms with van der Waals surface area (Å²) < 4.78 is 5.03. The Hall–Kier alpha value is -1.38. The molecule has 1 aliphatic heterocycles. The third-order valence-electron chi connectivity index (χ3n) is 2.57. The van der Waals surface area contributed by atoms with Gasteiger partial charge in [-0.05, 0) is 0 Å². The summed E-state index contributed by atoms with van der Waals surface area (Å²) in [6.07, 6.45) is 1.93. The van der Waals surface area contributed by atoms with E-state index in [9.17, 15) is 4.79 Å². The van der Waals surface area contributed by atoms with Crippen LogP contribution < -0.4 is 0 Å². The Balaban J connectivity index is 0.000000686. The zero-order valence-electron chi connectivity index (χ0n) is 10.8. The second kappa shape index (κ2) is 7.05. The molecule has 3 heteroatoms. The van der Waals surface area contributed by atoms with E-state index < -0.39 is 0 Å². The van der Waals surface area contributed by atoms with Gasteiger partial charge in [-0.1, -0.05) is 13.8 Å². The van der Waals surface area contributed by atoms with Gasteiger partial charge in [0.2, 0.25) is 0 Å². The molecule has 0 unspecified atom stereocenters. The van der Waals surface area contributed by atoms with Crippen LogP contribution in [0.25, 0.3) is 0 Å². The Kier molecular flexibility index (Phi) is 5.68. The Labute approximate surface area is 104 Å². The molecule has 1 aromatic carbocycles. The number of fused-ring (bicyclic) bond motifs is 1. The van der Waals surface area contributed by atoms with Gasteiger partial charge in [0.05, 0.1) is 0 Å². The van der Waals surface area contributed by atoms with Crippen LogP contribution >= 0.6 is 0 Å². The first-order chi connectivity index (χ1) is 8.33. The molecular formula is C14H19BO2. The molecule has 0 radical (unpaired) electrons. The van der Waals surface area contributed by atoms with Gasteiger partial charge in [-0.15, -0.1) is 0 Å². The molecule has 0 spiro atoms. The topological polar surface area (TPSA) is 26.3 Å². The molecule has 0 aliphatic carbocycles. The molecule has 90 valence electrons. The van der Waals surface area contributed by atoms with Crippen LogP contribution in [-0.4, -0.2) is 25.5 Å². The van der Waals surface area contributed by atoms with Crippen LogP contribution in [0.3, 0.4) is 0 Å². The number of ether oxygens (including phenoxy) is 1. The van der Waals surface area contributed by atoms with Crippen molar-refractivity contribution in [3.63, 3.8) is 0 Å². The molecule has 17 heavy (non-hydrogen) atoms. The SMILES string of the molecule is CC.CCOC(=O)c1cccc2c1CCB=C2. The molecule has 0 saturated carbocycles. The molecule has 0 fully saturated rings. The average molecular weight is 230 g/mol. The summed E-state index contributed by atoms with van der Waals surface area (Å²) in [5, 5.41) is 0. The van der Waals surface area contributed by atoms with Gasteiger partial charge in [-0.3, -0.25) is 0 Å². The second-order valence-corrected chi connectivity index (χ2v) is 3.53. The fourth-order valence-corrected chi connectivity index (χ4v) is 1.88. The van der Waals surface area contributed by atoms with E-state index in [2.05, 4.69) is 12.9 Å². The standard InChI is InChI=1S/C12H13BO2.C2H6/c1-2-15-12(14)11-5-3-4-9-8-13-7-6-10(9)11;1-2/h3-5,8H,2,6-7H2,1H3;1-2H3. The van der Waals surface area contributed by atoms with Gasteiger partial charge in [0.25, 0.3) is 0 Å². The molecule has 0 aromatic heterocycles. The van der Waals surface area contributed by atoms with Crippen molar-refractivity contribution in [2.75, 3.05) is 6.61 Å². The molecule has 0 saturated heterocycles. The normalized spacial score (nSPS) is 11.7. The zero-order chi connectivity index (χ0) is 12.7. The van der Waals surface area contributed by atoms with Crippen molar-refractivity contribution in [3.05, 3.63) is 34.9 Å². The van der Waals surface area contributed by atoms with Crippen molar-refractivity contribution in [3.8, 4) is 0 Å². The van der Waals surface area contributed by atoms with E-state index in [4.69, 9.17) is 4.74 Å². The van der Waals surface area contributed by atoms with Crippen molar-refractivity contribution in [2.45, 2.75) is 33.5 Å². The van der Waals surface area contributed by atoms with Crippen LogP contribution in [0.15, 0.2) is 18.2 Å². The predicted molar refractivity (Wildman–Crippen MR) is 73.2 cm³/mol. The fourth-order valence-electron chi connectivity index (χ4n) is 1.88. The monoisotopic (exact) mass is 230 g/mol. The molecular weight excluding hydrogens is 211 g/mol. The van der Waals surface area contributed by atoms with Gasteiger partial charge in [0, 0.05) is 0 Å². The van der Waals surface area contributed by atoms with Gasteiger partial charge in [-0.2, -0.15) is 0 Å². The number of carbonyl (C=O) groups excluding carboxylic acids is 1. The first-order valence-electron chi connectivity index (χ1n) is 6.28. The first kappa shape index (κ1) is 13.7.